The Bertz CT molecular complexity index is 352. The molecule has 1 aromatic carbocycles. The van der Waals surface area contributed by atoms with Crippen LogP contribution in [0.4, 0.5) is 11.4 Å². The number of anilines is 2. The molecule has 0 spiro atoms. The van der Waals surface area contributed by atoms with E-state index < -0.39 is 6.04 Å². The quantitative estimate of drug-likeness (QED) is 0.553. The Morgan fingerprint density at radius 1 is 1.29 bits per heavy atom. The van der Waals surface area contributed by atoms with E-state index >= 15 is 0 Å². The summed E-state index contributed by atoms with van der Waals surface area (Å²) in [5.74, 6) is 0.597. The highest BCUT2D eigenvalue weighted by molar-refractivity contribution is 5.73. The van der Waals surface area contributed by atoms with Crippen molar-refractivity contribution in [1.29, 1.82) is 0 Å². The Morgan fingerprint density at radius 2 is 1.94 bits per heavy atom. The van der Waals surface area contributed by atoms with Gasteiger partial charge in [-0.3, -0.25) is 0 Å². The van der Waals surface area contributed by atoms with E-state index in [9.17, 15) is 0 Å². The fourth-order valence-corrected chi connectivity index (χ4v) is 1.40. The maximum atomic E-state index is 9.00. The molecular formula is C12H20N2O3. The molecule has 1 aromatic rings. The van der Waals surface area contributed by atoms with E-state index in [0.717, 1.165) is 0 Å². The number of aliphatic hydroxyl groups is 2. The molecule has 0 aliphatic carbocycles. The molecule has 5 heteroatoms. The van der Waals surface area contributed by atoms with E-state index in [-0.39, 0.29) is 19.3 Å². The zero-order chi connectivity index (χ0) is 12.8. The third-order valence-electron chi connectivity index (χ3n) is 2.23. The first-order valence-electron chi connectivity index (χ1n) is 5.61. The van der Waals surface area contributed by atoms with Gasteiger partial charge in [0.2, 0.25) is 0 Å². The van der Waals surface area contributed by atoms with Gasteiger partial charge in [0.15, 0.2) is 0 Å². The first-order valence-corrected chi connectivity index (χ1v) is 5.61. The number of rotatable bonds is 6. The summed E-state index contributed by atoms with van der Waals surface area (Å²) in [6, 6.07) is 4.95. The van der Waals surface area contributed by atoms with E-state index in [1.807, 2.05) is 19.9 Å². The number of aliphatic hydroxyl groups excluding tert-OH is 2. The molecule has 0 saturated carbocycles. The van der Waals surface area contributed by atoms with Crippen molar-refractivity contribution in [2.45, 2.75) is 26.0 Å². The first-order chi connectivity index (χ1) is 8.08. The van der Waals surface area contributed by atoms with Crippen molar-refractivity contribution in [2.75, 3.05) is 24.3 Å². The topological polar surface area (TPSA) is 87.7 Å². The molecule has 0 aliphatic heterocycles. The van der Waals surface area contributed by atoms with Gasteiger partial charge >= 0.3 is 0 Å². The van der Waals surface area contributed by atoms with E-state index in [4.69, 9.17) is 20.7 Å². The van der Waals surface area contributed by atoms with Gasteiger partial charge in [-0.25, -0.2) is 0 Å². The number of ether oxygens (including phenoxy) is 1. The SMILES string of the molecule is CC(C)Oc1cccc(NC(CO)CO)c1N. The Morgan fingerprint density at radius 3 is 2.47 bits per heavy atom. The number of nitrogen functional groups attached to an aromatic ring is 1. The van der Waals surface area contributed by atoms with Crippen LogP contribution in [-0.2, 0) is 0 Å². The number of benzene rings is 1. The van der Waals surface area contributed by atoms with E-state index in [1.54, 1.807) is 12.1 Å². The van der Waals surface area contributed by atoms with Gasteiger partial charge in [-0.05, 0) is 26.0 Å². The van der Waals surface area contributed by atoms with Gasteiger partial charge in [-0.1, -0.05) is 6.07 Å². The van der Waals surface area contributed by atoms with Crippen LogP contribution < -0.4 is 15.8 Å². The number of hydrogen-bond acceptors (Lipinski definition) is 5. The second kappa shape index (κ2) is 6.32. The van der Waals surface area contributed by atoms with Gasteiger partial charge in [0, 0.05) is 0 Å². The summed E-state index contributed by atoms with van der Waals surface area (Å²) in [7, 11) is 0. The van der Waals surface area contributed by atoms with Gasteiger partial charge < -0.3 is 26.0 Å². The van der Waals surface area contributed by atoms with Crippen molar-refractivity contribution < 1.29 is 14.9 Å². The number of para-hydroxylation sites is 1. The summed E-state index contributed by atoms with van der Waals surface area (Å²) in [6.07, 6.45) is 0.0408. The van der Waals surface area contributed by atoms with Gasteiger partial charge in [-0.15, -0.1) is 0 Å². The maximum absolute atomic E-state index is 9.00. The Kier molecular flexibility index (Phi) is 5.06. The Hall–Kier alpha value is -1.46. The van der Waals surface area contributed by atoms with Gasteiger partial charge in [-0.2, -0.15) is 0 Å². The predicted octanol–water partition coefficient (Wildman–Crippen LogP) is 0.821. The van der Waals surface area contributed by atoms with Crippen LogP contribution in [-0.4, -0.2) is 35.6 Å². The number of hydrogen-bond donors (Lipinski definition) is 4. The average Bonchev–Trinajstić information content (AvgIpc) is 2.30. The molecule has 0 fully saturated rings. The molecule has 96 valence electrons. The normalized spacial score (nSPS) is 10.9. The second-order valence-electron chi connectivity index (χ2n) is 4.09. The van der Waals surface area contributed by atoms with Crippen LogP contribution in [0, 0.1) is 0 Å². The summed E-state index contributed by atoms with van der Waals surface area (Å²) in [6.45, 7) is 3.52. The smallest absolute Gasteiger partial charge is 0.144 e. The molecule has 0 saturated heterocycles. The molecule has 1 rings (SSSR count). The van der Waals surface area contributed by atoms with E-state index in [0.29, 0.717) is 17.1 Å². The van der Waals surface area contributed by atoms with Crippen molar-refractivity contribution >= 4 is 11.4 Å². The van der Waals surface area contributed by atoms with Gasteiger partial charge in [0.25, 0.3) is 0 Å². The molecule has 5 N–H and O–H groups in total. The molecule has 5 nitrogen and oxygen atoms in total. The second-order valence-corrected chi connectivity index (χ2v) is 4.09. The standard InChI is InChI=1S/C12H20N2O3/c1-8(2)17-11-5-3-4-10(12(11)13)14-9(6-15)7-16/h3-5,8-9,14-16H,6-7,13H2,1-2H3. The molecule has 17 heavy (non-hydrogen) atoms. The Labute approximate surface area is 101 Å². The van der Waals surface area contributed by atoms with Crippen LogP contribution in [0.25, 0.3) is 0 Å². The van der Waals surface area contributed by atoms with Crippen molar-refractivity contribution in [3.8, 4) is 5.75 Å². The van der Waals surface area contributed by atoms with E-state index in [2.05, 4.69) is 5.32 Å². The molecule has 0 amide bonds. The monoisotopic (exact) mass is 240 g/mol. The highest BCUT2D eigenvalue weighted by Crippen LogP contribution is 2.30. The lowest BCUT2D eigenvalue weighted by Gasteiger charge is -2.19. The van der Waals surface area contributed by atoms with Crippen LogP contribution in [0.1, 0.15) is 13.8 Å². The van der Waals surface area contributed by atoms with Crippen molar-refractivity contribution in [3.63, 3.8) is 0 Å². The lowest BCUT2D eigenvalue weighted by atomic mass is 10.2. The van der Waals surface area contributed by atoms with Crippen molar-refractivity contribution in [1.82, 2.24) is 0 Å². The van der Waals surface area contributed by atoms with Crippen LogP contribution in [0.3, 0.4) is 0 Å². The minimum atomic E-state index is -0.424. The predicted molar refractivity (Wildman–Crippen MR) is 68.2 cm³/mol. The third-order valence-corrected chi connectivity index (χ3v) is 2.23. The third kappa shape index (κ3) is 3.80. The van der Waals surface area contributed by atoms with Crippen molar-refractivity contribution in [3.05, 3.63) is 18.2 Å². The number of nitrogens with two attached hydrogens (primary N) is 1. The highest BCUT2D eigenvalue weighted by atomic mass is 16.5. The summed E-state index contributed by atoms with van der Waals surface area (Å²) in [5, 5.41) is 21.0. The lowest BCUT2D eigenvalue weighted by molar-refractivity contribution is 0.204. The fourth-order valence-electron chi connectivity index (χ4n) is 1.40. The molecule has 0 heterocycles. The minimum Gasteiger partial charge on any atom is -0.489 e. The molecule has 0 atom stereocenters. The van der Waals surface area contributed by atoms with Crippen LogP contribution in [0.2, 0.25) is 0 Å². The summed E-state index contributed by atoms with van der Waals surface area (Å²) >= 11 is 0. The summed E-state index contributed by atoms with van der Waals surface area (Å²) < 4.78 is 5.54. The maximum Gasteiger partial charge on any atom is 0.144 e. The average molecular weight is 240 g/mol. The summed E-state index contributed by atoms with van der Waals surface area (Å²) in [5.41, 5.74) is 7.07. The highest BCUT2D eigenvalue weighted by Gasteiger charge is 2.11. The zero-order valence-electron chi connectivity index (χ0n) is 10.2. The van der Waals surface area contributed by atoms with Crippen molar-refractivity contribution in [2.24, 2.45) is 0 Å². The first kappa shape index (κ1) is 13.6. The van der Waals surface area contributed by atoms with Gasteiger partial charge in [0.1, 0.15) is 5.75 Å². The molecule has 0 radical (unpaired) electrons. The molecule has 0 unspecified atom stereocenters. The van der Waals surface area contributed by atoms with Gasteiger partial charge in [0.05, 0.1) is 36.7 Å². The van der Waals surface area contributed by atoms with Crippen LogP contribution in [0.15, 0.2) is 18.2 Å². The zero-order valence-corrected chi connectivity index (χ0v) is 10.2. The van der Waals surface area contributed by atoms with Crippen LogP contribution in [0.5, 0.6) is 5.75 Å². The van der Waals surface area contributed by atoms with Crippen LogP contribution >= 0.6 is 0 Å². The van der Waals surface area contributed by atoms with E-state index in [1.165, 1.54) is 0 Å². The molecule has 0 aromatic heterocycles. The molecular weight excluding hydrogens is 220 g/mol. The number of nitrogens with one attached hydrogen (secondary N) is 1. The minimum absolute atomic E-state index is 0.0408. The molecule has 0 aliphatic rings. The lowest BCUT2D eigenvalue weighted by Crippen LogP contribution is -2.28. The Balaban J connectivity index is 2.86. The summed E-state index contributed by atoms with van der Waals surface area (Å²) in [4.78, 5) is 0. The fraction of sp³-hybridized carbons (Fsp3) is 0.500. The largest absolute Gasteiger partial charge is 0.489 e. The molecule has 0 bridgehead atoms.